The SMILES string of the molecule is COc1ccc(/C=C2\SC(=O)N(CC(N)=O)C2=O)cc1OCc1ccc(F)cc1. The number of rotatable bonds is 7. The molecule has 1 fully saturated rings. The third kappa shape index (κ3) is 4.94. The quantitative estimate of drug-likeness (QED) is 0.697. The highest BCUT2D eigenvalue weighted by atomic mass is 32.2. The summed E-state index contributed by atoms with van der Waals surface area (Å²) in [6.07, 6.45) is 1.52. The summed E-state index contributed by atoms with van der Waals surface area (Å²) >= 11 is 0.729. The second-order valence-electron chi connectivity index (χ2n) is 6.06. The standard InChI is InChI=1S/C20H17FN2O5S/c1-27-15-7-4-13(8-16(15)28-11-12-2-5-14(21)6-3-12)9-17-19(25)23(10-18(22)24)20(26)29-17/h2-9H,10-11H2,1H3,(H2,22,24)/b17-9-. The topological polar surface area (TPSA) is 98.9 Å². The van der Waals surface area contributed by atoms with Gasteiger partial charge in [-0.3, -0.25) is 19.3 Å². The summed E-state index contributed by atoms with van der Waals surface area (Å²) in [6, 6.07) is 10.9. The maximum atomic E-state index is 13.0. The molecule has 2 aromatic rings. The number of nitrogens with two attached hydrogens (primary N) is 1. The lowest BCUT2D eigenvalue weighted by atomic mass is 10.1. The molecule has 2 N–H and O–H groups in total. The lowest BCUT2D eigenvalue weighted by Gasteiger charge is -2.12. The van der Waals surface area contributed by atoms with E-state index in [1.807, 2.05) is 0 Å². The predicted molar refractivity (Wildman–Crippen MR) is 106 cm³/mol. The van der Waals surface area contributed by atoms with E-state index in [0.29, 0.717) is 17.1 Å². The van der Waals surface area contributed by atoms with Gasteiger partial charge in [0.25, 0.3) is 11.1 Å². The van der Waals surface area contributed by atoms with E-state index in [1.165, 1.54) is 25.3 Å². The molecule has 0 saturated carbocycles. The van der Waals surface area contributed by atoms with Crippen LogP contribution in [0.15, 0.2) is 47.4 Å². The van der Waals surface area contributed by atoms with Crippen LogP contribution in [-0.2, 0) is 16.2 Å². The minimum atomic E-state index is -0.769. The summed E-state index contributed by atoms with van der Waals surface area (Å²) in [5.74, 6) is -0.787. The van der Waals surface area contributed by atoms with E-state index in [9.17, 15) is 18.8 Å². The van der Waals surface area contributed by atoms with Gasteiger partial charge in [-0.05, 0) is 53.2 Å². The minimum absolute atomic E-state index is 0.172. The van der Waals surface area contributed by atoms with Crippen LogP contribution in [0, 0.1) is 5.82 Å². The highest BCUT2D eigenvalue weighted by Crippen LogP contribution is 2.34. The zero-order valence-corrected chi connectivity index (χ0v) is 16.2. The Morgan fingerprint density at radius 1 is 1.17 bits per heavy atom. The van der Waals surface area contributed by atoms with Crippen molar-refractivity contribution in [2.24, 2.45) is 5.73 Å². The van der Waals surface area contributed by atoms with Crippen LogP contribution in [0.5, 0.6) is 11.5 Å². The number of amides is 3. The molecule has 1 heterocycles. The maximum Gasteiger partial charge on any atom is 0.294 e. The van der Waals surface area contributed by atoms with Crippen molar-refractivity contribution < 1.29 is 28.2 Å². The summed E-state index contributed by atoms with van der Waals surface area (Å²) in [5, 5.41) is -0.554. The number of thioether (sulfide) groups is 1. The highest BCUT2D eigenvalue weighted by molar-refractivity contribution is 8.18. The smallest absolute Gasteiger partial charge is 0.294 e. The molecule has 29 heavy (non-hydrogen) atoms. The maximum absolute atomic E-state index is 13.0. The van der Waals surface area contributed by atoms with Crippen molar-refractivity contribution in [3.63, 3.8) is 0 Å². The Balaban J connectivity index is 1.80. The van der Waals surface area contributed by atoms with E-state index in [4.69, 9.17) is 15.2 Å². The second kappa shape index (κ2) is 8.78. The van der Waals surface area contributed by atoms with E-state index in [0.717, 1.165) is 22.2 Å². The van der Waals surface area contributed by atoms with Gasteiger partial charge in [0.2, 0.25) is 5.91 Å². The summed E-state index contributed by atoms with van der Waals surface area (Å²) in [5.41, 5.74) is 6.44. The molecule has 9 heteroatoms. The molecular formula is C20H17FN2O5S. The van der Waals surface area contributed by atoms with Gasteiger partial charge in [-0.2, -0.15) is 0 Å². The Morgan fingerprint density at radius 3 is 2.55 bits per heavy atom. The zero-order chi connectivity index (χ0) is 21.0. The summed E-state index contributed by atoms with van der Waals surface area (Å²) in [4.78, 5) is 36.2. The minimum Gasteiger partial charge on any atom is -0.493 e. The largest absolute Gasteiger partial charge is 0.493 e. The number of imide groups is 1. The van der Waals surface area contributed by atoms with Gasteiger partial charge in [0.05, 0.1) is 12.0 Å². The number of carbonyl (C=O) groups excluding carboxylic acids is 3. The lowest BCUT2D eigenvalue weighted by molar-refractivity contribution is -0.127. The van der Waals surface area contributed by atoms with Crippen molar-refractivity contribution in [3.05, 3.63) is 64.3 Å². The van der Waals surface area contributed by atoms with Gasteiger partial charge < -0.3 is 15.2 Å². The van der Waals surface area contributed by atoms with Crippen molar-refractivity contribution in [1.82, 2.24) is 4.90 Å². The predicted octanol–water partition coefficient (Wildman–Crippen LogP) is 2.93. The monoisotopic (exact) mass is 416 g/mol. The molecule has 3 rings (SSSR count). The third-order valence-corrected chi connectivity index (χ3v) is 4.89. The molecule has 3 amide bonds. The van der Waals surface area contributed by atoms with Gasteiger partial charge in [-0.1, -0.05) is 18.2 Å². The molecule has 1 saturated heterocycles. The van der Waals surface area contributed by atoms with Crippen LogP contribution in [0.25, 0.3) is 6.08 Å². The Morgan fingerprint density at radius 2 is 1.90 bits per heavy atom. The molecule has 1 aliphatic rings. The van der Waals surface area contributed by atoms with E-state index < -0.39 is 23.6 Å². The third-order valence-electron chi connectivity index (χ3n) is 3.98. The fourth-order valence-corrected chi connectivity index (χ4v) is 3.42. The van der Waals surface area contributed by atoms with Crippen LogP contribution < -0.4 is 15.2 Å². The first-order valence-electron chi connectivity index (χ1n) is 8.46. The van der Waals surface area contributed by atoms with Gasteiger partial charge in [-0.25, -0.2) is 4.39 Å². The lowest BCUT2D eigenvalue weighted by Crippen LogP contribution is -2.36. The number of ether oxygens (including phenoxy) is 2. The fraction of sp³-hybridized carbons (Fsp3) is 0.150. The molecular weight excluding hydrogens is 399 g/mol. The van der Waals surface area contributed by atoms with Crippen LogP contribution in [0.2, 0.25) is 0 Å². The molecule has 0 aliphatic carbocycles. The average molecular weight is 416 g/mol. The molecule has 0 bridgehead atoms. The first kappa shape index (κ1) is 20.4. The summed E-state index contributed by atoms with van der Waals surface area (Å²) in [6.45, 7) is -0.272. The van der Waals surface area contributed by atoms with Crippen LogP contribution >= 0.6 is 11.8 Å². The zero-order valence-electron chi connectivity index (χ0n) is 15.4. The van der Waals surface area contributed by atoms with Gasteiger partial charge in [-0.15, -0.1) is 0 Å². The van der Waals surface area contributed by atoms with Crippen molar-refractivity contribution in [3.8, 4) is 11.5 Å². The Hall–Kier alpha value is -3.33. The van der Waals surface area contributed by atoms with Crippen molar-refractivity contribution in [1.29, 1.82) is 0 Å². The molecule has 0 radical (unpaired) electrons. The first-order valence-corrected chi connectivity index (χ1v) is 9.28. The van der Waals surface area contributed by atoms with Gasteiger partial charge in [0.15, 0.2) is 11.5 Å². The van der Waals surface area contributed by atoms with Crippen LogP contribution in [0.4, 0.5) is 9.18 Å². The number of methoxy groups -OCH3 is 1. The van der Waals surface area contributed by atoms with Crippen molar-refractivity contribution >= 4 is 34.9 Å². The van der Waals surface area contributed by atoms with Crippen LogP contribution in [0.1, 0.15) is 11.1 Å². The summed E-state index contributed by atoms with van der Waals surface area (Å²) in [7, 11) is 1.49. The van der Waals surface area contributed by atoms with Gasteiger partial charge in [0.1, 0.15) is 19.0 Å². The number of hydrogen-bond donors (Lipinski definition) is 1. The number of carbonyl (C=O) groups is 3. The molecule has 0 atom stereocenters. The van der Waals surface area contributed by atoms with Crippen molar-refractivity contribution in [2.45, 2.75) is 6.61 Å². The van der Waals surface area contributed by atoms with Gasteiger partial charge in [0, 0.05) is 0 Å². The Kier molecular flexibility index (Phi) is 6.18. The summed E-state index contributed by atoms with van der Waals surface area (Å²) < 4.78 is 24.1. The highest BCUT2D eigenvalue weighted by Gasteiger charge is 2.35. The number of halogens is 1. The molecule has 150 valence electrons. The van der Waals surface area contributed by atoms with Gasteiger partial charge >= 0.3 is 0 Å². The molecule has 0 spiro atoms. The molecule has 0 unspecified atom stereocenters. The number of benzene rings is 2. The normalized spacial score (nSPS) is 15.1. The van der Waals surface area contributed by atoms with E-state index in [-0.39, 0.29) is 17.3 Å². The number of primary amides is 1. The van der Waals surface area contributed by atoms with Crippen molar-refractivity contribution in [2.75, 3.05) is 13.7 Å². The van der Waals surface area contributed by atoms with E-state index in [1.54, 1.807) is 30.3 Å². The Bertz CT molecular complexity index is 991. The van der Waals surface area contributed by atoms with Crippen LogP contribution in [0.3, 0.4) is 0 Å². The fourth-order valence-electron chi connectivity index (χ4n) is 2.58. The molecule has 7 nitrogen and oxygen atoms in total. The second-order valence-corrected chi connectivity index (χ2v) is 7.05. The molecule has 1 aliphatic heterocycles. The first-order chi connectivity index (χ1) is 13.9. The van der Waals surface area contributed by atoms with Crippen LogP contribution in [-0.4, -0.2) is 35.6 Å². The molecule has 2 aromatic carbocycles. The average Bonchev–Trinajstić information content (AvgIpc) is 2.94. The molecule has 0 aromatic heterocycles. The van der Waals surface area contributed by atoms with E-state index >= 15 is 0 Å². The number of nitrogens with zero attached hydrogens (tertiary/aromatic N) is 1. The Labute approximate surface area is 170 Å². The number of hydrogen-bond acceptors (Lipinski definition) is 6. The van der Waals surface area contributed by atoms with E-state index in [2.05, 4.69) is 0 Å².